The van der Waals surface area contributed by atoms with Gasteiger partial charge in [0, 0.05) is 12.0 Å². The van der Waals surface area contributed by atoms with Crippen molar-refractivity contribution in [1.29, 1.82) is 0 Å². The Kier molecular flexibility index (Phi) is 3.98. The van der Waals surface area contributed by atoms with Gasteiger partial charge in [0.1, 0.15) is 0 Å². The smallest absolute Gasteiger partial charge is 0.243 e. The molecule has 2 unspecified atom stereocenters. The Morgan fingerprint density at radius 2 is 2.04 bits per heavy atom. The quantitative estimate of drug-likeness (QED) is 0.854. The predicted molar refractivity (Wildman–Crippen MR) is 96.1 cm³/mol. The van der Waals surface area contributed by atoms with Crippen molar-refractivity contribution < 1.29 is 9.59 Å². The summed E-state index contributed by atoms with van der Waals surface area (Å²) in [7, 11) is 0. The van der Waals surface area contributed by atoms with Crippen LogP contribution < -0.4 is 5.32 Å². The normalized spacial score (nSPS) is 29.0. The van der Waals surface area contributed by atoms with Gasteiger partial charge in [0.05, 0.1) is 0 Å². The van der Waals surface area contributed by atoms with Crippen LogP contribution in [-0.2, 0) is 16.1 Å². The lowest BCUT2D eigenvalue weighted by atomic mass is 9.70. The van der Waals surface area contributed by atoms with Crippen LogP contribution in [0.25, 0.3) is 6.08 Å². The number of Topliss-reactive ketones (excluding diaryl/α,β-unsaturated/α-hetero) is 1. The molecule has 2 fully saturated rings. The van der Waals surface area contributed by atoms with E-state index in [9.17, 15) is 9.59 Å². The van der Waals surface area contributed by atoms with E-state index in [2.05, 4.69) is 38.7 Å². The van der Waals surface area contributed by atoms with Crippen LogP contribution in [-0.4, -0.2) is 11.7 Å². The van der Waals surface area contributed by atoms with Crippen molar-refractivity contribution >= 4 is 17.8 Å². The van der Waals surface area contributed by atoms with Crippen LogP contribution in [0.5, 0.6) is 0 Å². The third-order valence-electron chi connectivity index (χ3n) is 6.37. The number of benzene rings is 1. The minimum Gasteiger partial charge on any atom is -0.348 e. The molecule has 1 amide bonds. The highest BCUT2D eigenvalue weighted by atomic mass is 16.1. The van der Waals surface area contributed by atoms with E-state index in [0.29, 0.717) is 18.2 Å². The second-order valence-corrected chi connectivity index (χ2v) is 7.69. The Balaban J connectivity index is 1.94. The fourth-order valence-corrected chi connectivity index (χ4v) is 4.35. The first-order valence-electron chi connectivity index (χ1n) is 8.56. The van der Waals surface area contributed by atoms with Crippen molar-refractivity contribution in [3.8, 4) is 0 Å². The number of rotatable bonds is 4. The summed E-state index contributed by atoms with van der Waals surface area (Å²) in [5.74, 6) is 0.432. The molecule has 24 heavy (non-hydrogen) atoms. The fraction of sp³-hybridized carbons (Fsp3) is 0.429. The summed E-state index contributed by atoms with van der Waals surface area (Å²) >= 11 is 0. The topological polar surface area (TPSA) is 46.2 Å². The Bertz CT molecular complexity index is 744. The summed E-state index contributed by atoms with van der Waals surface area (Å²) in [4.78, 5) is 24.4. The van der Waals surface area contributed by atoms with Gasteiger partial charge in [-0.3, -0.25) is 9.59 Å². The molecule has 2 bridgehead atoms. The Labute approximate surface area is 143 Å². The molecular weight excluding hydrogens is 298 g/mol. The number of nitrogens with one attached hydrogen (secondary N) is 1. The lowest BCUT2D eigenvalue weighted by Crippen LogP contribution is -2.32. The van der Waals surface area contributed by atoms with E-state index >= 15 is 0 Å². The molecule has 0 spiro atoms. The Hall–Kier alpha value is -2.16. The predicted octanol–water partition coefficient (Wildman–Crippen LogP) is 3.90. The molecule has 2 aliphatic carbocycles. The molecule has 0 aromatic heterocycles. The molecule has 0 aliphatic heterocycles. The Morgan fingerprint density at radius 1 is 1.33 bits per heavy atom. The van der Waals surface area contributed by atoms with Gasteiger partial charge in [-0.05, 0) is 53.0 Å². The van der Waals surface area contributed by atoms with Crippen molar-refractivity contribution in [2.75, 3.05) is 0 Å². The highest BCUT2D eigenvalue weighted by molar-refractivity contribution is 6.08. The molecule has 1 aromatic carbocycles. The number of carbonyl (C=O) groups is 2. The van der Waals surface area contributed by atoms with Crippen LogP contribution in [0.15, 0.2) is 42.5 Å². The zero-order chi connectivity index (χ0) is 17.5. The van der Waals surface area contributed by atoms with Crippen LogP contribution in [0.1, 0.15) is 44.7 Å². The van der Waals surface area contributed by atoms with Crippen molar-refractivity contribution in [2.24, 2.45) is 16.7 Å². The second kappa shape index (κ2) is 5.73. The molecule has 1 N–H and O–H groups in total. The van der Waals surface area contributed by atoms with Gasteiger partial charge in [-0.2, -0.15) is 0 Å². The first kappa shape index (κ1) is 16.7. The molecule has 3 rings (SSSR count). The van der Waals surface area contributed by atoms with Gasteiger partial charge in [0.25, 0.3) is 0 Å². The minimum atomic E-state index is -0.241. The third kappa shape index (κ3) is 2.34. The van der Waals surface area contributed by atoms with Crippen LogP contribution in [0.3, 0.4) is 0 Å². The summed E-state index contributed by atoms with van der Waals surface area (Å²) in [5.41, 5.74) is 2.75. The maximum atomic E-state index is 13.0. The second-order valence-electron chi connectivity index (χ2n) is 7.69. The highest BCUT2D eigenvalue weighted by Gasteiger charge is 2.63. The molecule has 0 saturated heterocycles. The summed E-state index contributed by atoms with van der Waals surface area (Å²) < 4.78 is 0. The molecule has 0 radical (unpaired) electrons. The molecule has 1 aromatic rings. The summed E-state index contributed by atoms with van der Waals surface area (Å²) in [5, 5.41) is 2.81. The highest BCUT2D eigenvalue weighted by Crippen LogP contribution is 2.65. The van der Waals surface area contributed by atoms with Gasteiger partial charge >= 0.3 is 0 Å². The van der Waals surface area contributed by atoms with Gasteiger partial charge in [-0.1, -0.05) is 51.6 Å². The molecule has 2 saturated carbocycles. The van der Waals surface area contributed by atoms with Crippen LogP contribution in [0, 0.1) is 16.7 Å². The van der Waals surface area contributed by atoms with E-state index in [1.165, 1.54) is 6.08 Å². The average Bonchev–Trinajstić information content (AvgIpc) is 2.87. The molecule has 0 heterocycles. The Morgan fingerprint density at radius 3 is 2.67 bits per heavy atom. The summed E-state index contributed by atoms with van der Waals surface area (Å²) in [6, 6.07) is 7.92. The maximum absolute atomic E-state index is 13.0. The maximum Gasteiger partial charge on any atom is 0.243 e. The van der Waals surface area contributed by atoms with Crippen molar-refractivity contribution in [2.45, 2.75) is 40.2 Å². The van der Waals surface area contributed by atoms with Gasteiger partial charge in [-0.15, -0.1) is 0 Å². The number of ketones is 1. The number of hydrogen-bond acceptors (Lipinski definition) is 2. The molecule has 3 nitrogen and oxygen atoms in total. The number of carbonyl (C=O) groups excluding carboxylic acids is 2. The van der Waals surface area contributed by atoms with Gasteiger partial charge in [0.15, 0.2) is 5.78 Å². The SMILES string of the molecule is C=CC(=O)NCc1ccccc1/C=C1/C(=O)C2(C)CCC1C2(C)C. The first-order valence-corrected chi connectivity index (χ1v) is 8.56. The average molecular weight is 323 g/mol. The monoisotopic (exact) mass is 323 g/mol. The summed E-state index contributed by atoms with van der Waals surface area (Å²) in [6.07, 6.45) is 5.38. The zero-order valence-corrected chi connectivity index (χ0v) is 14.7. The number of fused-ring (bicyclic) bond motifs is 2. The van der Waals surface area contributed by atoms with Crippen molar-refractivity contribution in [3.05, 3.63) is 53.6 Å². The standard InChI is InChI=1S/C21H25NO2/c1-5-18(23)22-13-15-9-7-6-8-14(15)12-16-17-10-11-21(4,19(16)24)20(17,2)3/h5-9,12,17H,1,10-11,13H2,2-4H3,(H,22,23)/b16-12+. The third-order valence-corrected chi connectivity index (χ3v) is 6.37. The molecule has 2 aliphatic rings. The van der Waals surface area contributed by atoms with Gasteiger partial charge in [-0.25, -0.2) is 0 Å². The van der Waals surface area contributed by atoms with E-state index in [-0.39, 0.29) is 16.7 Å². The minimum absolute atomic E-state index is 0.0158. The molecule has 3 heteroatoms. The largest absolute Gasteiger partial charge is 0.348 e. The van der Waals surface area contributed by atoms with Gasteiger partial charge in [0.2, 0.25) is 5.91 Å². The van der Waals surface area contributed by atoms with E-state index in [1.807, 2.05) is 24.3 Å². The van der Waals surface area contributed by atoms with Crippen LogP contribution >= 0.6 is 0 Å². The molecular formula is C21H25NO2. The van der Waals surface area contributed by atoms with E-state index in [1.54, 1.807) is 0 Å². The molecule has 2 atom stereocenters. The van der Waals surface area contributed by atoms with Crippen molar-refractivity contribution in [1.82, 2.24) is 5.32 Å². The fourth-order valence-electron chi connectivity index (χ4n) is 4.35. The zero-order valence-electron chi connectivity index (χ0n) is 14.7. The number of amides is 1. The molecule has 126 valence electrons. The van der Waals surface area contributed by atoms with Crippen LogP contribution in [0.4, 0.5) is 0 Å². The van der Waals surface area contributed by atoms with E-state index < -0.39 is 0 Å². The lowest BCUT2D eigenvalue weighted by Gasteiger charge is -2.31. The van der Waals surface area contributed by atoms with E-state index in [4.69, 9.17) is 0 Å². The van der Waals surface area contributed by atoms with E-state index in [0.717, 1.165) is 29.5 Å². The number of hydrogen-bond donors (Lipinski definition) is 1. The number of allylic oxidation sites excluding steroid dienone is 1. The first-order chi connectivity index (χ1) is 11.3. The van der Waals surface area contributed by atoms with Gasteiger partial charge < -0.3 is 5.32 Å². The lowest BCUT2D eigenvalue weighted by molar-refractivity contribution is -0.125. The summed E-state index contributed by atoms with van der Waals surface area (Å²) in [6.45, 7) is 10.5. The van der Waals surface area contributed by atoms with Crippen LogP contribution in [0.2, 0.25) is 0 Å². The van der Waals surface area contributed by atoms with Crippen molar-refractivity contribution in [3.63, 3.8) is 0 Å².